The smallest absolute Gasteiger partial charge is 0.274 e. The maximum Gasteiger partial charge on any atom is 0.274 e. The van der Waals surface area contributed by atoms with E-state index in [4.69, 9.17) is 4.74 Å². The van der Waals surface area contributed by atoms with Gasteiger partial charge in [-0.3, -0.25) is 14.4 Å². The zero-order valence-corrected chi connectivity index (χ0v) is 18.2. The molecule has 1 aromatic heterocycles. The number of nitrogens with zero attached hydrogens (tertiary/aromatic N) is 4. The minimum Gasteiger partial charge on any atom is -0.497 e. The van der Waals surface area contributed by atoms with E-state index in [2.05, 4.69) is 5.10 Å². The van der Waals surface area contributed by atoms with Gasteiger partial charge >= 0.3 is 0 Å². The molecule has 2 heterocycles. The number of piperazine rings is 1. The Bertz CT molecular complexity index is 947. The van der Waals surface area contributed by atoms with E-state index >= 15 is 0 Å². The first-order valence-electron chi connectivity index (χ1n) is 10.8. The van der Waals surface area contributed by atoms with E-state index < -0.39 is 0 Å². The highest BCUT2D eigenvalue weighted by Gasteiger charge is 2.25. The van der Waals surface area contributed by atoms with Crippen molar-refractivity contribution in [1.82, 2.24) is 19.6 Å². The molecule has 3 rings (SSSR count). The molecule has 31 heavy (non-hydrogen) atoms. The highest BCUT2D eigenvalue weighted by molar-refractivity contribution is 5.92. The van der Waals surface area contributed by atoms with E-state index in [1.54, 1.807) is 12.0 Å². The normalized spacial score (nSPS) is 13.9. The number of rotatable bonds is 8. The molecule has 0 radical (unpaired) electrons. The van der Waals surface area contributed by atoms with Crippen LogP contribution in [0.1, 0.15) is 42.2 Å². The van der Waals surface area contributed by atoms with Crippen molar-refractivity contribution in [3.63, 3.8) is 0 Å². The Labute approximate surface area is 182 Å². The quantitative estimate of drug-likeness (QED) is 0.644. The number of benzene rings is 1. The van der Waals surface area contributed by atoms with Crippen LogP contribution in [0.25, 0.3) is 0 Å². The Morgan fingerprint density at radius 2 is 1.68 bits per heavy atom. The van der Waals surface area contributed by atoms with Gasteiger partial charge in [0.25, 0.3) is 11.5 Å². The lowest BCUT2D eigenvalue weighted by Crippen LogP contribution is -2.51. The second-order valence-electron chi connectivity index (χ2n) is 7.65. The third kappa shape index (κ3) is 5.93. The lowest BCUT2D eigenvalue weighted by molar-refractivity contribution is -0.132. The van der Waals surface area contributed by atoms with Crippen LogP contribution < -0.4 is 10.3 Å². The van der Waals surface area contributed by atoms with Gasteiger partial charge in [-0.1, -0.05) is 25.5 Å². The molecular weight excluding hydrogens is 396 g/mol. The highest BCUT2D eigenvalue weighted by atomic mass is 16.5. The van der Waals surface area contributed by atoms with Crippen LogP contribution in [-0.4, -0.2) is 64.7 Å². The SMILES string of the molecule is CCCCn1nc(C(=O)N2CCN(C(=O)CCc3ccc(OC)cc3)CC2)ccc1=O. The van der Waals surface area contributed by atoms with Gasteiger partial charge in [0.15, 0.2) is 0 Å². The number of ether oxygens (including phenoxy) is 1. The first-order valence-corrected chi connectivity index (χ1v) is 10.8. The van der Waals surface area contributed by atoms with E-state index in [1.807, 2.05) is 36.1 Å². The Hall–Kier alpha value is -3.16. The number of carbonyl (C=O) groups is 2. The minimum atomic E-state index is -0.199. The average Bonchev–Trinajstić information content (AvgIpc) is 2.82. The summed E-state index contributed by atoms with van der Waals surface area (Å²) in [6.07, 6.45) is 2.89. The lowest BCUT2D eigenvalue weighted by atomic mass is 10.1. The summed E-state index contributed by atoms with van der Waals surface area (Å²) in [5.74, 6) is 0.691. The van der Waals surface area contributed by atoms with Crippen molar-refractivity contribution in [3.8, 4) is 5.75 Å². The fourth-order valence-corrected chi connectivity index (χ4v) is 3.55. The third-order valence-corrected chi connectivity index (χ3v) is 5.52. The molecule has 1 aliphatic heterocycles. The first kappa shape index (κ1) is 22.5. The van der Waals surface area contributed by atoms with Crippen molar-refractivity contribution in [1.29, 1.82) is 0 Å². The molecule has 0 atom stereocenters. The molecule has 2 aromatic rings. The molecule has 0 saturated carbocycles. The molecule has 1 aromatic carbocycles. The van der Waals surface area contributed by atoms with Gasteiger partial charge in [0.05, 0.1) is 7.11 Å². The molecule has 0 bridgehead atoms. The molecule has 8 heteroatoms. The van der Waals surface area contributed by atoms with Gasteiger partial charge in [0.2, 0.25) is 5.91 Å². The molecule has 1 saturated heterocycles. The van der Waals surface area contributed by atoms with E-state index in [0.29, 0.717) is 45.6 Å². The molecule has 0 spiro atoms. The van der Waals surface area contributed by atoms with Gasteiger partial charge in [-0.25, -0.2) is 4.68 Å². The molecule has 166 valence electrons. The predicted molar refractivity (Wildman–Crippen MR) is 117 cm³/mol. The summed E-state index contributed by atoms with van der Waals surface area (Å²) in [5, 5.41) is 4.24. The van der Waals surface area contributed by atoms with Crippen LogP contribution >= 0.6 is 0 Å². The summed E-state index contributed by atoms with van der Waals surface area (Å²) in [7, 11) is 1.63. The zero-order valence-electron chi connectivity index (χ0n) is 18.2. The monoisotopic (exact) mass is 426 g/mol. The number of aromatic nitrogens is 2. The van der Waals surface area contributed by atoms with Gasteiger partial charge in [-0.2, -0.15) is 5.10 Å². The van der Waals surface area contributed by atoms with Crippen LogP contribution in [0.2, 0.25) is 0 Å². The van der Waals surface area contributed by atoms with Crippen LogP contribution in [0.15, 0.2) is 41.2 Å². The predicted octanol–water partition coefficient (Wildman–Crippen LogP) is 1.97. The lowest BCUT2D eigenvalue weighted by Gasteiger charge is -2.34. The molecular formula is C23H30N4O4. The van der Waals surface area contributed by atoms with Gasteiger partial charge < -0.3 is 14.5 Å². The van der Waals surface area contributed by atoms with E-state index in [0.717, 1.165) is 24.2 Å². The number of hydrogen-bond acceptors (Lipinski definition) is 5. The zero-order chi connectivity index (χ0) is 22.2. The Kier molecular flexibility index (Phi) is 7.81. The van der Waals surface area contributed by atoms with Crippen LogP contribution in [-0.2, 0) is 17.8 Å². The Morgan fingerprint density at radius 1 is 1.00 bits per heavy atom. The summed E-state index contributed by atoms with van der Waals surface area (Å²) in [6.45, 7) is 4.47. The second kappa shape index (κ2) is 10.7. The Morgan fingerprint density at radius 3 is 2.32 bits per heavy atom. The fraction of sp³-hybridized carbons (Fsp3) is 0.478. The molecule has 1 aliphatic rings. The maximum absolute atomic E-state index is 12.8. The third-order valence-electron chi connectivity index (χ3n) is 5.52. The summed E-state index contributed by atoms with van der Waals surface area (Å²) in [5.41, 5.74) is 1.17. The first-order chi connectivity index (χ1) is 15.0. The summed E-state index contributed by atoms with van der Waals surface area (Å²) < 4.78 is 6.51. The topological polar surface area (TPSA) is 84.7 Å². The summed E-state index contributed by atoms with van der Waals surface area (Å²) in [4.78, 5) is 40.8. The van der Waals surface area contributed by atoms with Gasteiger partial charge in [0.1, 0.15) is 11.4 Å². The highest BCUT2D eigenvalue weighted by Crippen LogP contribution is 2.14. The number of unbranched alkanes of at least 4 members (excludes halogenated alkanes) is 1. The standard InChI is InChI=1S/C23H30N4O4/c1-3-4-13-27-22(29)12-10-20(24-27)23(30)26-16-14-25(15-17-26)21(28)11-7-18-5-8-19(31-2)9-6-18/h5-6,8-10,12H,3-4,7,11,13-17H2,1-2H3. The number of carbonyl (C=O) groups excluding carboxylic acids is 2. The fourth-order valence-electron chi connectivity index (χ4n) is 3.55. The van der Waals surface area contributed by atoms with Crippen molar-refractivity contribution in [2.45, 2.75) is 39.2 Å². The van der Waals surface area contributed by atoms with Crippen molar-refractivity contribution < 1.29 is 14.3 Å². The van der Waals surface area contributed by atoms with E-state index in [1.165, 1.54) is 16.8 Å². The minimum absolute atomic E-state index is 0.0918. The Balaban J connectivity index is 1.50. The molecule has 2 amide bonds. The van der Waals surface area contributed by atoms with Gasteiger partial charge in [0, 0.05) is 45.2 Å². The van der Waals surface area contributed by atoms with Crippen molar-refractivity contribution in [2.24, 2.45) is 0 Å². The number of amides is 2. The van der Waals surface area contributed by atoms with Crippen molar-refractivity contribution >= 4 is 11.8 Å². The van der Waals surface area contributed by atoms with Crippen LogP contribution in [0.3, 0.4) is 0 Å². The summed E-state index contributed by atoms with van der Waals surface area (Å²) >= 11 is 0. The largest absolute Gasteiger partial charge is 0.497 e. The number of hydrogen-bond donors (Lipinski definition) is 0. The van der Waals surface area contributed by atoms with Crippen molar-refractivity contribution in [2.75, 3.05) is 33.3 Å². The van der Waals surface area contributed by atoms with Crippen LogP contribution in [0, 0.1) is 0 Å². The van der Waals surface area contributed by atoms with E-state index in [9.17, 15) is 14.4 Å². The molecule has 8 nitrogen and oxygen atoms in total. The molecule has 0 N–H and O–H groups in total. The van der Waals surface area contributed by atoms with Crippen LogP contribution in [0.5, 0.6) is 5.75 Å². The summed E-state index contributed by atoms with van der Waals surface area (Å²) in [6, 6.07) is 10.6. The van der Waals surface area contributed by atoms with Gasteiger partial charge in [-0.15, -0.1) is 0 Å². The molecule has 0 unspecified atom stereocenters. The second-order valence-corrected chi connectivity index (χ2v) is 7.65. The average molecular weight is 427 g/mol. The number of aryl methyl sites for hydroxylation is 2. The maximum atomic E-state index is 12.8. The number of methoxy groups -OCH3 is 1. The van der Waals surface area contributed by atoms with Crippen LogP contribution in [0.4, 0.5) is 0 Å². The van der Waals surface area contributed by atoms with Gasteiger partial charge in [-0.05, 0) is 36.6 Å². The molecule has 1 fully saturated rings. The van der Waals surface area contributed by atoms with E-state index in [-0.39, 0.29) is 23.1 Å². The molecule has 0 aliphatic carbocycles. The van der Waals surface area contributed by atoms with Crippen molar-refractivity contribution in [3.05, 3.63) is 58.0 Å².